The molecule has 1 heterocycles. The zero-order chi connectivity index (χ0) is 11.5. The molecule has 1 aromatic carbocycles. The number of ether oxygens (including phenoxy) is 1. The van der Waals surface area contributed by atoms with E-state index in [9.17, 15) is 9.59 Å². The van der Waals surface area contributed by atoms with Crippen LogP contribution in [0.1, 0.15) is 17.3 Å². The van der Waals surface area contributed by atoms with Crippen LogP contribution in [-0.4, -0.2) is 18.4 Å². The SMILES string of the molecule is CC(=O)OCC(=O)c1coc2ccccc12. The first-order valence-corrected chi connectivity index (χ1v) is 4.81. The summed E-state index contributed by atoms with van der Waals surface area (Å²) in [5.41, 5.74) is 1.09. The van der Waals surface area contributed by atoms with Crippen LogP contribution in [0, 0.1) is 0 Å². The molecule has 0 amide bonds. The van der Waals surface area contributed by atoms with Gasteiger partial charge in [-0.25, -0.2) is 0 Å². The van der Waals surface area contributed by atoms with E-state index < -0.39 is 5.97 Å². The predicted octanol–water partition coefficient (Wildman–Crippen LogP) is 2.18. The van der Waals surface area contributed by atoms with Crippen LogP contribution in [0.2, 0.25) is 0 Å². The minimum Gasteiger partial charge on any atom is -0.464 e. The van der Waals surface area contributed by atoms with Crippen molar-refractivity contribution < 1.29 is 18.7 Å². The number of esters is 1. The number of hydrogen-bond acceptors (Lipinski definition) is 4. The molecule has 0 radical (unpaired) electrons. The molecule has 0 aliphatic carbocycles. The van der Waals surface area contributed by atoms with Crippen molar-refractivity contribution in [3.8, 4) is 0 Å². The molecule has 0 fully saturated rings. The maximum atomic E-state index is 11.7. The van der Waals surface area contributed by atoms with Crippen molar-refractivity contribution in [3.63, 3.8) is 0 Å². The molecule has 0 spiro atoms. The van der Waals surface area contributed by atoms with Crippen molar-refractivity contribution >= 4 is 22.7 Å². The number of carbonyl (C=O) groups is 2. The van der Waals surface area contributed by atoms with Crippen LogP contribution in [0.3, 0.4) is 0 Å². The summed E-state index contributed by atoms with van der Waals surface area (Å²) in [7, 11) is 0. The third-order valence-electron chi connectivity index (χ3n) is 2.19. The Morgan fingerprint density at radius 3 is 2.81 bits per heavy atom. The minimum absolute atomic E-state index is 0.251. The Labute approximate surface area is 91.8 Å². The van der Waals surface area contributed by atoms with E-state index in [1.54, 1.807) is 12.1 Å². The number of ketones is 1. The van der Waals surface area contributed by atoms with E-state index in [1.807, 2.05) is 12.1 Å². The molecule has 1 aromatic heterocycles. The lowest BCUT2D eigenvalue weighted by atomic mass is 10.1. The summed E-state index contributed by atoms with van der Waals surface area (Å²) in [6.45, 7) is 1.01. The fourth-order valence-electron chi connectivity index (χ4n) is 1.44. The maximum absolute atomic E-state index is 11.7. The molecule has 0 bridgehead atoms. The van der Waals surface area contributed by atoms with E-state index in [4.69, 9.17) is 4.42 Å². The number of rotatable bonds is 3. The van der Waals surface area contributed by atoms with Crippen molar-refractivity contribution in [2.24, 2.45) is 0 Å². The molecule has 0 unspecified atom stereocenters. The number of Topliss-reactive ketones (excluding diaryl/α,β-unsaturated/α-hetero) is 1. The molecular formula is C12H10O4. The fraction of sp³-hybridized carbons (Fsp3) is 0.167. The summed E-state index contributed by atoms with van der Waals surface area (Å²) in [4.78, 5) is 22.3. The number of hydrogen-bond donors (Lipinski definition) is 0. The first kappa shape index (κ1) is 10.4. The molecule has 0 aliphatic rings. The smallest absolute Gasteiger partial charge is 0.303 e. The topological polar surface area (TPSA) is 56.5 Å². The van der Waals surface area contributed by atoms with E-state index in [0.29, 0.717) is 11.1 Å². The van der Waals surface area contributed by atoms with Crippen LogP contribution in [0.25, 0.3) is 11.0 Å². The van der Waals surface area contributed by atoms with Crippen molar-refractivity contribution in [1.82, 2.24) is 0 Å². The number of furan rings is 1. The molecule has 0 atom stereocenters. The van der Waals surface area contributed by atoms with Crippen LogP contribution in [0.5, 0.6) is 0 Å². The van der Waals surface area contributed by atoms with Gasteiger partial charge < -0.3 is 9.15 Å². The number of carbonyl (C=O) groups excluding carboxylic acids is 2. The van der Waals surface area contributed by atoms with Gasteiger partial charge in [-0.2, -0.15) is 0 Å². The van der Waals surface area contributed by atoms with Crippen LogP contribution in [0.4, 0.5) is 0 Å². The normalized spacial score (nSPS) is 10.3. The third-order valence-corrected chi connectivity index (χ3v) is 2.19. The average molecular weight is 218 g/mol. The Morgan fingerprint density at radius 1 is 1.31 bits per heavy atom. The highest BCUT2D eigenvalue weighted by Crippen LogP contribution is 2.20. The summed E-state index contributed by atoms with van der Waals surface area (Å²) in [5, 5.41) is 0.736. The summed E-state index contributed by atoms with van der Waals surface area (Å²) < 4.78 is 9.86. The molecule has 0 aliphatic heterocycles. The second-order valence-electron chi connectivity index (χ2n) is 3.35. The van der Waals surface area contributed by atoms with E-state index in [0.717, 1.165) is 5.39 Å². The highest BCUT2D eigenvalue weighted by Gasteiger charge is 2.14. The summed E-state index contributed by atoms with van der Waals surface area (Å²) in [6.07, 6.45) is 1.39. The quantitative estimate of drug-likeness (QED) is 0.585. The Balaban J connectivity index is 2.26. The lowest BCUT2D eigenvalue weighted by Gasteiger charge is -1.98. The van der Waals surface area contributed by atoms with Gasteiger partial charge in [0, 0.05) is 12.3 Å². The van der Waals surface area contributed by atoms with E-state index >= 15 is 0 Å². The van der Waals surface area contributed by atoms with Gasteiger partial charge in [0.05, 0.1) is 5.56 Å². The maximum Gasteiger partial charge on any atom is 0.303 e. The second kappa shape index (κ2) is 4.18. The number of benzene rings is 1. The van der Waals surface area contributed by atoms with Gasteiger partial charge in [0.25, 0.3) is 0 Å². The molecule has 0 saturated heterocycles. The highest BCUT2D eigenvalue weighted by atomic mass is 16.5. The monoisotopic (exact) mass is 218 g/mol. The van der Waals surface area contributed by atoms with E-state index in [1.165, 1.54) is 13.2 Å². The van der Waals surface area contributed by atoms with Gasteiger partial charge in [0.15, 0.2) is 6.61 Å². The third kappa shape index (κ3) is 1.95. The standard InChI is InChI=1S/C12H10O4/c1-8(13)15-7-11(14)10-6-16-12-5-3-2-4-9(10)12/h2-6H,7H2,1H3. The van der Waals surface area contributed by atoms with Gasteiger partial charge in [-0.3, -0.25) is 9.59 Å². The Morgan fingerprint density at radius 2 is 2.06 bits per heavy atom. The lowest BCUT2D eigenvalue weighted by molar-refractivity contribution is -0.139. The molecule has 2 rings (SSSR count). The van der Waals surface area contributed by atoms with Gasteiger partial charge in [-0.05, 0) is 6.07 Å². The van der Waals surface area contributed by atoms with Gasteiger partial charge in [-0.1, -0.05) is 18.2 Å². The molecule has 0 saturated carbocycles. The van der Waals surface area contributed by atoms with E-state index in [2.05, 4.69) is 4.74 Å². The van der Waals surface area contributed by atoms with Gasteiger partial charge in [-0.15, -0.1) is 0 Å². The average Bonchev–Trinajstić information content (AvgIpc) is 2.69. The first-order chi connectivity index (χ1) is 7.68. The van der Waals surface area contributed by atoms with Crippen LogP contribution in [-0.2, 0) is 9.53 Å². The fourth-order valence-corrected chi connectivity index (χ4v) is 1.44. The highest BCUT2D eigenvalue weighted by molar-refractivity contribution is 6.08. The molecule has 2 aromatic rings. The van der Waals surface area contributed by atoms with Crippen molar-refractivity contribution in [2.75, 3.05) is 6.61 Å². The zero-order valence-corrected chi connectivity index (χ0v) is 8.73. The first-order valence-electron chi connectivity index (χ1n) is 4.81. The molecule has 0 N–H and O–H groups in total. The van der Waals surface area contributed by atoms with Crippen LogP contribution >= 0.6 is 0 Å². The molecule has 4 nitrogen and oxygen atoms in total. The largest absolute Gasteiger partial charge is 0.464 e. The van der Waals surface area contributed by atoms with Gasteiger partial charge in [0.1, 0.15) is 11.8 Å². The van der Waals surface area contributed by atoms with Gasteiger partial charge in [0.2, 0.25) is 5.78 Å². The van der Waals surface area contributed by atoms with Crippen LogP contribution in [0.15, 0.2) is 34.9 Å². The predicted molar refractivity (Wildman–Crippen MR) is 57.2 cm³/mol. The lowest BCUT2D eigenvalue weighted by Crippen LogP contribution is -2.11. The molecule has 4 heteroatoms. The second-order valence-corrected chi connectivity index (χ2v) is 3.35. The van der Waals surface area contributed by atoms with Crippen molar-refractivity contribution in [3.05, 3.63) is 36.1 Å². The van der Waals surface area contributed by atoms with Crippen molar-refractivity contribution in [2.45, 2.75) is 6.92 Å². The Bertz CT molecular complexity index is 539. The summed E-state index contributed by atoms with van der Waals surface area (Å²) in [5.74, 6) is -0.735. The number of para-hydroxylation sites is 1. The Hall–Kier alpha value is -2.10. The minimum atomic E-state index is -0.471. The van der Waals surface area contributed by atoms with Crippen LogP contribution < -0.4 is 0 Å². The Kier molecular flexibility index (Phi) is 2.72. The summed E-state index contributed by atoms with van der Waals surface area (Å²) >= 11 is 0. The van der Waals surface area contributed by atoms with Gasteiger partial charge >= 0.3 is 5.97 Å². The summed E-state index contributed by atoms with van der Waals surface area (Å²) in [6, 6.07) is 7.21. The molecule has 82 valence electrons. The number of fused-ring (bicyclic) bond motifs is 1. The molecule has 16 heavy (non-hydrogen) atoms. The van der Waals surface area contributed by atoms with E-state index in [-0.39, 0.29) is 12.4 Å². The van der Waals surface area contributed by atoms with Crippen molar-refractivity contribution in [1.29, 1.82) is 0 Å². The molecular weight excluding hydrogens is 208 g/mol. The zero-order valence-electron chi connectivity index (χ0n) is 8.73.